The number of fused-ring (bicyclic) bond motifs is 1. The van der Waals surface area contributed by atoms with Crippen molar-refractivity contribution in [3.8, 4) is 0 Å². The number of amides is 1. The first kappa shape index (κ1) is 15.1. The van der Waals surface area contributed by atoms with Crippen LogP contribution in [-0.4, -0.2) is 16.9 Å². The Hall–Kier alpha value is -2.82. The molecule has 118 valence electrons. The van der Waals surface area contributed by atoms with Gasteiger partial charge in [-0.3, -0.25) is 4.79 Å². The van der Waals surface area contributed by atoms with Crippen molar-refractivity contribution in [1.29, 1.82) is 0 Å². The maximum Gasteiger partial charge on any atom is 0.244 e. The normalized spacial score (nSPS) is 12.7. The van der Waals surface area contributed by atoms with Gasteiger partial charge in [0.1, 0.15) is 11.3 Å². The van der Waals surface area contributed by atoms with Gasteiger partial charge in [0.05, 0.1) is 6.26 Å². The van der Waals surface area contributed by atoms with Crippen molar-refractivity contribution in [3.05, 3.63) is 60.4 Å². The maximum absolute atomic E-state index is 11.9. The van der Waals surface area contributed by atoms with E-state index < -0.39 is 0 Å². The van der Waals surface area contributed by atoms with Crippen LogP contribution in [0.2, 0.25) is 0 Å². The molecule has 1 unspecified atom stereocenters. The average Bonchev–Trinajstić information content (AvgIpc) is 3.19. The third-order valence-electron chi connectivity index (χ3n) is 3.48. The monoisotopic (exact) mass is 310 g/mol. The van der Waals surface area contributed by atoms with Gasteiger partial charge in [0.25, 0.3) is 0 Å². The van der Waals surface area contributed by atoms with E-state index in [0.717, 1.165) is 24.1 Å². The van der Waals surface area contributed by atoms with Crippen molar-refractivity contribution in [1.82, 2.24) is 10.3 Å². The Morgan fingerprint density at radius 1 is 1.30 bits per heavy atom. The third-order valence-corrected chi connectivity index (χ3v) is 3.48. The number of nitrogens with one attached hydrogen (secondary N) is 1. The predicted octanol–water partition coefficient (Wildman–Crippen LogP) is 3.57. The highest BCUT2D eigenvalue weighted by atomic mass is 16.3. The van der Waals surface area contributed by atoms with Crippen LogP contribution in [0.5, 0.6) is 0 Å². The molecule has 0 radical (unpaired) electrons. The van der Waals surface area contributed by atoms with E-state index in [1.807, 2.05) is 43.3 Å². The van der Waals surface area contributed by atoms with Gasteiger partial charge >= 0.3 is 0 Å². The average molecular weight is 310 g/mol. The van der Waals surface area contributed by atoms with Gasteiger partial charge in [0.2, 0.25) is 11.8 Å². The second-order valence-electron chi connectivity index (χ2n) is 5.38. The van der Waals surface area contributed by atoms with Gasteiger partial charge in [0.15, 0.2) is 5.58 Å². The number of aryl methyl sites for hydroxylation is 1. The fraction of sp³-hybridized carbons (Fsp3) is 0.222. The second-order valence-corrected chi connectivity index (χ2v) is 5.38. The van der Waals surface area contributed by atoms with Gasteiger partial charge in [-0.25, -0.2) is 4.98 Å². The molecule has 1 aromatic carbocycles. The zero-order valence-electron chi connectivity index (χ0n) is 12.9. The van der Waals surface area contributed by atoms with Crippen molar-refractivity contribution in [2.75, 3.05) is 0 Å². The summed E-state index contributed by atoms with van der Waals surface area (Å²) in [6.45, 7) is 1.97. The largest absolute Gasteiger partial charge is 0.469 e. The van der Waals surface area contributed by atoms with E-state index in [1.165, 1.54) is 6.08 Å². The Bertz CT molecular complexity index is 770. The molecule has 1 atom stereocenters. The molecule has 0 aliphatic heterocycles. The Labute approximate surface area is 134 Å². The number of furan rings is 1. The molecule has 0 aliphatic carbocycles. The van der Waals surface area contributed by atoms with Crippen LogP contribution in [0.1, 0.15) is 25.0 Å². The molecular formula is C18H18N2O3. The van der Waals surface area contributed by atoms with Crippen molar-refractivity contribution in [2.24, 2.45) is 0 Å². The predicted molar refractivity (Wildman–Crippen MR) is 87.7 cm³/mol. The Morgan fingerprint density at radius 2 is 2.17 bits per heavy atom. The topological polar surface area (TPSA) is 68.3 Å². The zero-order chi connectivity index (χ0) is 16.1. The summed E-state index contributed by atoms with van der Waals surface area (Å²) in [7, 11) is 0. The first-order chi connectivity index (χ1) is 11.2. The standard InChI is InChI=1S/C18H18N2O3/c1-13(8-9-14-5-4-12-22-14)19-17(21)10-11-18-20-15-6-2-3-7-16(15)23-18/h2-7,10-13H,8-9H2,1H3,(H,19,21)/b11-10+. The number of hydrogen-bond acceptors (Lipinski definition) is 4. The first-order valence-electron chi connectivity index (χ1n) is 7.57. The molecule has 5 nitrogen and oxygen atoms in total. The maximum atomic E-state index is 11.9. The van der Waals surface area contributed by atoms with Gasteiger partial charge in [-0.05, 0) is 37.6 Å². The third kappa shape index (κ3) is 4.10. The van der Waals surface area contributed by atoms with E-state index in [2.05, 4.69) is 10.3 Å². The Balaban J connectivity index is 1.51. The van der Waals surface area contributed by atoms with Gasteiger partial charge in [0, 0.05) is 24.6 Å². The minimum absolute atomic E-state index is 0.0564. The summed E-state index contributed by atoms with van der Waals surface area (Å²) in [4.78, 5) is 16.2. The molecule has 1 N–H and O–H groups in total. The fourth-order valence-electron chi connectivity index (χ4n) is 2.29. The minimum Gasteiger partial charge on any atom is -0.469 e. The number of carbonyl (C=O) groups excluding carboxylic acids is 1. The van der Waals surface area contributed by atoms with E-state index in [4.69, 9.17) is 8.83 Å². The molecule has 0 saturated heterocycles. The van der Waals surface area contributed by atoms with Crippen molar-refractivity contribution in [3.63, 3.8) is 0 Å². The lowest BCUT2D eigenvalue weighted by Crippen LogP contribution is -2.31. The van der Waals surface area contributed by atoms with Crippen molar-refractivity contribution < 1.29 is 13.6 Å². The van der Waals surface area contributed by atoms with E-state index in [-0.39, 0.29) is 11.9 Å². The summed E-state index contributed by atoms with van der Waals surface area (Å²) in [6, 6.07) is 11.3. The molecule has 1 amide bonds. The van der Waals surface area contributed by atoms with Crippen molar-refractivity contribution >= 4 is 23.1 Å². The molecule has 3 aromatic rings. The number of hydrogen-bond donors (Lipinski definition) is 1. The number of oxazole rings is 1. The first-order valence-corrected chi connectivity index (χ1v) is 7.57. The number of benzene rings is 1. The number of aromatic nitrogens is 1. The second kappa shape index (κ2) is 6.96. The minimum atomic E-state index is -0.167. The Morgan fingerprint density at radius 3 is 2.96 bits per heavy atom. The number of rotatable bonds is 6. The molecular weight excluding hydrogens is 292 g/mol. The highest BCUT2D eigenvalue weighted by Gasteiger charge is 2.07. The molecule has 0 fully saturated rings. The molecule has 0 spiro atoms. The molecule has 3 rings (SSSR count). The van der Waals surface area contributed by atoms with E-state index >= 15 is 0 Å². The van der Waals surface area contributed by atoms with Crippen LogP contribution in [0.3, 0.4) is 0 Å². The van der Waals surface area contributed by atoms with Crippen LogP contribution in [0.25, 0.3) is 17.2 Å². The number of carbonyl (C=O) groups is 1. The quantitative estimate of drug-likeness (QED) is 0.707. The zero-order valence-corrected chi connectivity index (χ0v) is 12.9. The summed E-state index contributed by atoms with van der Waals surface area (Å²) >= 11 is 0. The van der Waals surface area contributed by atoms with Crippen LogP contribution in [-0.2, 0) is 11.2 Å². The van der Waals surface area contributed by atoms with E-state index in [0.29, 0.717) is 11.5 Å². The smallest absolute Gasteiger partial charge is 0.244 e. The lowest BCUT2D eigenvalue weighted by atomic mass is 10.1. The highest BCUT2D eigenvalue weighted by molar-refractivity contribution is 5.91. The van der Waals surface area contributed by atoms with Gasteiger partial charge in [-0.2, -0.15) is 0 Å². The van der Waals surface area contributed by atoms with Crippen LogP contribution < -0.4 is 5.32 Å². The van der Waals surface area contributed by atoms with Crippen LogP contribution >= 0.6 is 0 Å². The summed E-state index contributed by atoms with van der Waals surface area (Å²) < 4.78 is 10.8. The fourth-order valence-corrected chi connectivity index (χ4v) is 2.29. The molecule has 2 heterocycles. The Kier molecular flexibility index (Phi) is 4.57. The highest BCUT2D eigenvalue weighted by Crippen LogP contribution is 2.15. The number of nitrogens with zero attached hydrogens (tertiary/aromatic N) is 1. The van der Waals surface area contributed by atoms with E-state index in [1.54, 1.807) is 12.3 Å². The lowest BCUT2D eigenvalue weighted by molar-refractivity contribution is -0.117. The van der Waals surface area contributed by atoms with E-state index in [9.17, 15) is 4.79 Å². The summed E-state index contributed by atoms with van der Waals surface area (Å²) in [5, 5.41) is 2.91. The van der Waals surface area contributed by atoms with Gasteiger partial charge in [-0.15, -0.1) is 0 Å². The molecule has 2 aromatic heterocycles. The molecule has 0 saturated carbocycles. The molecule has 5 heteroatoms. The summed E-state index contributed by atoms with van der Waals surface area (Å²) in [6.07, 6.45) is 6.28. The van der Waals surface area contributed by atoms with Crippen molar-refractivity contribution in [2.45, 2.75) is 25.8 Å². The molecule has 23 heavy (non-hydrogen) atoms. The van der Waals surface area contributed by atoms with Gasteiger partial charge < -0.3 is 14.2 Å². The number of para-hydroxylation sites is 2. The molecule has 0 aliphatic rings. The van der Waals surface area contributed by atoms with Gasteiger partial charge in [-0.1, -0.05) is 12.1 Å². The van der Waals surface area contributed by atoms with Crippen LogP contribution in [0.4, 0.5) is 0 Å². The SMILES string of the molecule is CC(CCc1ccco1)NC(=O)/C=C/c1nc2ccccc2o1. The summed E-state index contributed by atoms with van der Waals surface area (Å²) in [5.41, 5.74) is 1.48. The van der Waals surface area contributed by atoms with Crippen LogP contribution in [0, 0.1) is 0 Å². The lowest BCUT2D eigenvalue weighted by Gasteiger charge is -2.11. The molecule has 0 bridgehead atoms. The van der Waals surface area contributed by atoms with Crippen LogP contribution in [0.15, 0.2) is 57.6 Å². The summed E-state index contributed by atoms with van der Waals surface area (Å²) in [5.74, 6) is 1.18.